The topological polar surface area (TPSA) is 141 Å². The molecule has 2 aliphatic carbocycles. The van der Waals surface area contributed by atoms with Crippen molar-refractivity contribution in [2.45, 2.75) is 76.3 Å². The van der Waals surface area contributed by atoms with Gasteiger partial charge in [0.05, 0.1) is 45.4 Å². The molecular weight excluding hydrogens is 514 g/mol. The van der Waals surface area contributed by atoms with Crippen molar-refractivity contribution >= 4 is 27.8 Å². The lowest BCUT2D eigenvalue weighted by atomic mass is 9.80. The SMILES string of the molecule is CCS(=O)c1cnc(CNc2nc3cnc(-c4c(C)ncnc4C4CC4)nc3n(C(C)C3CCC3)c2=O)nc1. The van der Waals surface area contributed by atoms with Gasteiger partial charge in [-0.25, -0.2) is 34.9 Å². The molecule has 4 heterocycles. The molecule has 39 heavy (non-hydrogen) atoms. The summed E-state index contributed by atoms with van der Waals surface area (Å²) in [5.41, 5.74) is 3.46. The summed E-state index contributed by atoms with van der Waals surface area (Å²) in [5.74, 6) is 2.51. The number of fused-ring (bicyclic) bond motifs is 1. The molecule has 6 rings (SSSR count). The van der Waals surface area contributed by atoms with Crippen LogP contribution in [0, 0.1) is 12.8 Å². The van der Waals surface area contributed by atoms with Crippen molar-refractivity contribution in [2.75, 3.05) is 11.1 Å². The second-order valence-electron chi connectivity index (χ2n) is 10.3. The lowest BCUT2D eigenvalue weighted by molar-refractivity contribution is 0.222. The zero-order chi connectivity index (χ0) is 27.1. The van der Waals surface area contributed by atoms with E-state index >= 15 is 0 Å². The second-order valence-corrected chi connectivity index (χ2v) is 12.0. The normalized spacial score (nSPS) is 17.1. The van der Waals surface area contributed by atoms with E-state index in [0.717, 1.165) is 42.6 Å². The van der Waals surface area contributed by atoms with Crippen LogP contribution in [0.15, 0.2) is 34.6 Å². The van der Waals surface area contributed by atoms with E-state index in [2.05, 4.69) is 42.1 Å². The van der Waals surface area contributed by atoms with Gasteiger partial charge in [0.1, 0.15) is 17.7 Å². The molecule has 2 fully saturated rings. The first-order valence-corrected chi connectivity index (χ1v) is 14.8. The molecule has 0 saturated heterocycles. The van der Waals surface area contributed by atoms with E-state index in [9.17, 15) is 9.00 Å². The van der Waals surface area contributed by atoms with Crippen molar-refractivity contribution in [1.82, 2.24) is 39.5 Å². The van der Waals surface area contributed by atoms with Crippen LogP contribution in [-0.2, 0) is 17.3 Å². The van der Waals surface area contributed by atoms with Crippen molar-refractivity contribution in [3.8, 4) is 11.4 Å². The molecule has 2 unspecified atom stereocenters. The minimum absolute atomic E-state index is 0.0457. The van der Waals surface area contributed by atoms with Crippen LogP contribution in [0.25, 0.3) is 22.6 Å². The van der Waals surface area contributed by atoms with Crippen molar-refractivity contribution < 1.29 is 4.21 Å². The molecule has 0 radical (unpaired) electrons. The molecule has 1 N–H and O–H groups in total. The highest BCUT2D eigenvalue weighted by Crippen LogP contribution is 2.43. The van der Waals surface area contributed by atoms with Crippen LogP contribution in [0.4, 0.5) is 5.82 Å². The van der Waals surface area contributed by atoms with Crippen LogP contribution in [-0.4, -0.2) is 49.4 Å². The Bertz CT molecular complexity index is 1610. The lowest BCUT2D eigenvalue weighted by Gasteiger charge is -2.33. The second kappa shape index (κ2) is 10.5. The van der Waals surface area contributed by atoms with Gasteiger partial charge in [0.25, 0.3) is 5.56 Å². The van der Waals surface area contributed by atoms with Crippen LogP contribution in [0.3, 0.4) is 0 Å². The van der Waals surface area contributed by atoms with Gasteiger partial charge in [0.2, 0.25) is 0 Å². The fraction of sp³-hybridized carbons (Fsp3) is 0.481. The highest BCUT2D eigenvalue weighted by Gasteiger charge is 2.31. The fourth-order valence-corrected chi connectivity index (χ4v) is 5.74. The molecule has 0 spiro atoms. The summed E-state index contributed by atoms with van der Waals surface area (Å²) < 4.78 is 13.8. The Hall–Kier alpha value is -3.67. The lowest BCUT2D eigenvalue weighted by Crippen LogP contribution is -2.34. The minimum Gasteiger partial charge on any atom is -0.358 e. The standard InChI is InChI=1S/C27H31N9O2S/c1-4-39(38)19-10-28-21(29-11-19)13-31-25-27(37)36(16(3)17-6-5-7-17)26-20(34-25)12-30-24(35-26)22-15(2)32-14-33-23(22)18-8-9-18/h10-12,14,16-18H,4-9,13H2,1-3H3,(H,31,34). The number of nitrogens with zero attached hydrogens (tertiary/aromatic N) is 8. The fourth-order valence-electron chi connectivity index (χ4n) is 5.06. The van der Waals surface area contributed by atoms with Gasteiger partial charge < -0.3 is 5.32 Å². The monoisotopic (exact) mass is 545 g/mol. The van der Waals surface area contributed by atoms with Crippen LogP contribution < -0.4 is 10.9 Å². The largest absolute Gasteiger partial charge is 0.358 e. The molecular formula is C27H31N9O2S. The Morgan fingerprint density at radius 1 is 1.05 bits per heavy atom. The quantitative estimate of drug-likeness (QED) is 0.331. The molecule has 4 aromatic rings. The minimum atomic E-state index is -1.12. The van der Waals surface area contributed by atoms with E-state index in [1.54, 1.807) is 29.5 Å². The Balaban J connectivity index is 1.40. The summed E-state index contributed by atoms with van der Waals surface area (Å²) in [6.07, 6.45) is 11.9. The summed E-state index contributed by atoms with van der Waals surface area (Å²) in [6, 6.07) is -0.0457. The summed E-state index contributed by atoms with van der Waals surface area (Å²) >= 11 is 0. The van der Waals surface area contributed by atoms with E-state index in [1.807, 2.05) is 13.8 Å². The first-order chi connectivity index (χ1) is 18.9. The highest BCUT2D eigenvalue weighted by molar-refractivity contribution is 7.85. The first-order valence-electron chi connectivity index (χ1n) is 13.5. The van der Waals surface area contributed by atoms with Crippen LogP contribution in [0.5, 0.6) is 0 Å². The molecule has 0 aromatic carbocycles. The molecule has 0 aliphatic heterocycles. The number of rotatable bonds is 9. The average Bonchev–Trinajstić information content (AvgIpc) is 3.76. The molecule has 202 valence electrons. The first kappa shape index (κ1) is 25.6. The Morgan fingerprint density at radius 2 is 1.82 bits per heavy atom. The van der Waals surface area contributed by atoms with E-state index in [0.29, 0.717) is 45.3 Å². The number of hydrogen-bond donors (Lipinski definition) is 1. The molecule has 12 heteroatoms. The predicted molar refractivity (Wildman–Crippen MR) is 148 cm³/mol. The summed E-state index contributed by atoms with van der Waals surface area (Å²) in [6.45, 7) is 6.08. The Morgan fingerprint density at radius 3 is 2.49 bits per heavy atom. The number of aryl methyl sites for hydroxylation is 1. The highest BCUT2D eigenvalue weighted by atomic mass is 32.2. The Kier molecular flexibility index (Phi) is 6.88. The molecule has 2 saturated carbocycles. The molecule has 4 aromatic heterocycles. The summed E-state index contributed by atoms with van der Waals surface area (Å²) in [7, 11) is -1.12. The van der Waals surface area contributed by atoms with Crippen LogP contribution in [0.1, 0.15) is 75.1 Å². The van der Waals surface area contributed by atoms with Gasteiger partial charge >= 0.3 is 0 Å². The smallest absolute Gasteiger partial charge is 0.295 e. The molecule has 0 amide bonds. The summed E-state index contributed by atoms with van der Waals surface area (Å²) in [4.78, 5) is 46.2. The van der Waals surface area contributed by atoms with Crippen molar-refractivity contribution in [2.24, 2.45) is 5.92 Å². The van der Waals surface area contributed by atoms with Crippen LogP contribution >= 0.6 is 0 Å². The van der Waals surface area contributed by atoms with Crippen molar-refractivity contribution in [1.29, 1.82) is 0 Å². The maximum atomic E-state index is 13.8. The third-order valence-corrected chi connectivity index (χ3v) is 9.01. The van der Waals surface area contributed by atoms with Gasteiger partial charge in [0, 0.05) is 30.1 Å². The number of anilines is 1. The average molecular weight is 546 g/mol. The van der Waals surface area contributed by atoms with Gasteiger partial charge in [-0.1, -0.05) is 13.3 Å². The van der Waals surface area contributed by atoms with E-state index in [1.165, 1.54) is 6.42 Å². The van der Waals surface area contributed by atoms with Gasteiger partial charge in [-0.2, -0.15) is 0 Å². The van der Waals surface area contributed by atoms with Crippen LogP contribution in [0.2, 0.25) is 0 Å². The zero-order valence-electron chi connectivity index (χ0n) is 22.3. The van der Waals surface area contributed by atoms with E-state index in [-0.39, 0.29) is 24.0 Å². The zero-order valence-corrected chi connectivity index (χ0v) is 23.1. The van der Waals surface area contributed by atoms with E-state index in [4.69, 9.17) is 4.98 Å². The summed E-state index contributed by atoms with van der Waals surface area (Å²) in [5, 5.41) is 3.12. The predicted octanol–water partition coefficient (Wildman–Crippen LogP) is 3.72. The van der Waals surface area contributed by atoms with Gasteiger partial charge in [0.15, 0.2) is 17.3 Å². The number of aromatic nitrogens is 8. The van der Waals surface area contributed by atoms with E-state index < -0.39 is 10.8 Å². The third kappa shape index (κ3) is 4.93. The number of nitrogens with one attached hydrogen (secondary N) is 1. The van der Waals surface area contributed by atoms with Gasteiger partial charge in [-0.05, 0) is 45.4 Å². The van der Waals surface area contributed by atoms with Crippen molar-refractivity contribution in [3.63, 3.8) is 0 Å². The number of hydrogen-bond acceptors (Lipinski definition) is 10. The maximum absolute atomic E-state index is 13.8. The van der Waals surface area contributed by atoms with Gasteiger partial charge in [-0.15, -0.1) is 0 Å². The Labute approximate surface area is 228 Å². The third-order valence-electron chi connectivity index (χ3n) is 7.75. The molecule has 2 atom stereocenters. The van der Waals surface area contributed by atoms with Gasteiger partial charge in [-0.3, -0.25) is 13.6 Å². The molecule has 11 nitrogen and oxygen atoms in total. The maximum Gasteiger partial charge on any atom is 0.295 e. The molecule has 0 bridgehead atoms. The van der Waals surface area contributed by atoms with Crippen molar-refractivity contribution in [3.05, 3.63) is 52.5 Å². The molecule has 2 aliphatic rings.